The molecule has 0 atom stereocenters. The highest BCUT2D eigenvalue weighted by Gasteiger charge is 2.23. The van der Waals surface area contributed by atoms with Crippen LogP contribution in [0.5, 0.6) is 5.75 Å². The lowest BCUT2D eigenvalue weighted by Gasteiger charge is -2.05. The monoisotopic (exact) mass is 376 g/mol. The van der Waals surface area contributed by atoms with Crippen molar-refractivity contribution in [2.24, 2.45) is 5.10 Å². The second-order valence-corrected chi connectivity index (χ2v) is 6.90. The summed E-state index contributed by atoms with van der Waals surface area (Å²) in [5, 5.41) is 31.4. The number of aromatic nitrogens is 5. The summed E-state index contributed by atoms with van der Waals surface area (Å²) in [6, 6.07) is 11.4. The van der Waals surface area contributed by atoms with E-state index in [0.29, 0.717) is 16.2 Å². The Balaban J connectivity index is 1.63. The second-order valence-electron chi connectivity index (χ2n) is 6.51. The van der Waals surface area contributed by atoms with Gasteiger partial charge in [0.05, 0.1) is 6.21 Å². The highest BCUT2D eigenvalue weighted by atomic mass is 32.1. The van der Waals surface area contributed by atoms with Crippen LogP contribution < -0.4 is 0 Å². The van der Waals surface area contributed by atoms with Crippen LogP contribution in [0.1, 0.15) is 23.2 Å². The van der Waals surface area contributed by atoms with Crippen molar-refractivity contribution in [2.75, 3.05) is 0 Å². The number of phenols is 1. The number of hydrogen-bond donors (Lipinski definition) is 3. The quantitative estimate of drug-likeness (QED) is 0.376. The number of rotatable bonds is 3. The zero-order valence-electron chi connectivity index (χ0n) is 14.3. The third kappa shape index (κ3) is 2.57. The molecule has 0 unspecified atom stereocenters. The van der Waals surface area contributed by atoms with Gasteiger partial charge in [0.15, 0.2) is 0 Å². The smallest absolute Gasteiger partial charge is 0.216 e. The number of hydrogen-bond acceptors (Lipinski definition) is 5. The Bertz CT molecular complexity index is 1250. The number of aromatic amines is 2. The van der Waals surface area contributed by atoms with Gasteiger partial charge in [-0.05, 0) is 48.3 Å². The molecule has 0 spiro atoms. The van der Waals surface area contributed by atoms with Gasteiger partial charge in [0, 0.05) is 16.8 Å². The van der Waals surface area contributed by atoms with E-state index in [4.69, 9.17) is 12.2 Å². The van der Waals surface area contributed by atoms with Crippen molar-refractivity contribution in [2.45, 2.75) is 19.3 Å². The molecule has 1 aliphatic rings. The van der Waals surface area contributed by atoms with E-state index in [2.05, 4.69) is 25.5 Å². The molecule has 5 rings (SSSR count). The second kappa shape index (κ2) is 6.17. The molecule has 2 aromatic heterocycles. The van der Waals surface area contributed by atoms with E-state index in [1.807, 2.05) is 30.3 Å². The van der Waals surface area contributed by atoms with Crippen LogP contribution in [0.25, 0.3) is 22.3 Å². The predicted molar refractivity (Wildman–Crippen MR) is 106 cm³/mol. The van der Waals surface area contributed by atoms with Crippen molar-refractivity contribution in [1.82, 2.24) is 25.1 Å². The standard InChI is InChI=1S/C19H16N6OS/c26-16-9-8-11-4-1-2-5-12(11)14(16)10-20-25-18(23-24-19(25)27)17-13-6-3-7-15(13)21-22-17/h1-2,4-5,8-10,26H,3,6-7H2,(H,21,22)(H,24,27)/b20-10+. The minimum atomic E-state index is 0.162. The topological polar surface area (TPSA) is 94.9 Å². The molecular weight excluding hydrogens is 360 g/mol. The number of fused-ring (bicyclic) bond motifs is 2. The number of phenolic OH excluding ortho intramolecular Hbond substituents is 1. The minimum absolute atomic E-state index is 0.162. The predicted octanol–water partition coefficient (Wildman–Crippen LogP) is 3.56. The number of aromatic hydroxyl groups is 1. The lowest BCUT2D eigenvalue weighted by molar-refractivity contribution is 0.475. The molecule has 7 nitrogen and oxygen atoms in total. The minimum Gasteiger partial charge on any atom is -0.507 e. The van der Waals surface area contributed by atoms with Gasteiger partial charge in [-0.25, -0.2) is 5.10 Å². The molecule has 0 bridgehead atoms. The SMILES string of the molecule is Oc1ccc2ccccc2c1/C=N/n1c(-c2n[nH]c3c2CCC3)n[nH]c1=S. The molecular formula is C19H16N6OS. The van der Waals surface area contributed by atoms with Crippen molar-refractivity contribution < 1.29 is 5.11 Å². The van der Waals surface area contributed by atoms with Gasteiger partial charge in [-0.2, -0.15) is 20.0 Å². The van der Waals surface area contributed by atoms with Gasteiger partial charge in [0.25, 0.3) is 0 Å². The highest BCUT2D eigenvalue weighted by molar-refractivity contribution is 7.71. The molecule has 0 amide bonds. The van der Waals surface area contributed by atoms with Gasteiger partial charge in [-0.15, -0.1) is 0 Å². The summed E-state index contributed by atoms with van der Waals surface area (Å²) in [5.74, 6) is 0.727. The largest absolute Gasteiger partial charge is 0.507 e. The fourth-order valence-corrected chi connectivity index (χ4v) is 3.77. The molecule has 27 heavy (non-hydrogen) atoms. The van der Waals surface area contributed by atoms with Crippen molar-refractivity contribution in [3.05, 3.63) is 58.0 Å². The molecule has 0 saturated carbocycles. The molecule has 2 aromatic carbocycles. The molecule has 3 N–H and O–H groups in total. The first-order valence-corrected chi connectivity index (χ1v) is 9.12. The Labute approximate surface area is 159 Å². The van der Waals surface area contributed by atoms with Crippen LogP contribution in [0.15, 0.2) is 41.5 Å². The fraction of sp³-hybridized carbons (Fsp3) is 0.158. The number of benzene rings is 2. The first-order chi connectivity index (χ1) is 13.2. The summed E-state index contributed by atoms with van der Waals surface area (Å²) < 4.78 is 1.92. The summed E-state index contributed by atoms with van der Waals surface area (Å²) in [4.78, 5) is 0. The van der Waals surface area contributed by atoms with E-state index in [0.717, 1.165) is 41.4 Å². The Kier molecular flexibility index (Phi) is 3.64. The van der Waals surface area contributed by atoms with Crippen molar-refractivity contribution in [3.63, 3.8) is 0 Å². The maximum atomic E-state index is 10.3. The zero-order valence-corrected chi connectivity index (χ0v) is 15.1. The van der Waals surface area contributed by atoms with Crippen molar-refractivity contribution in [3.8, 4) is 17.3 Å². The molecule has 2 heterocycles. The Morgan fingerprint density at radius 1 is 1.11 bits per heavy atom. The van der Waals surface area contributed by atoms with Gasteiger partial charge in [-0.1, -0.05) is 30.3 Å². The average molecular weight is 376 g/mol. The molecule has 4 aromatic rings. The van der Waals surface area contributed by atoms with E-state index < -0.39 is 0 Å². The van der Waals surface area contributed by atoms with Crippen LogP contribution in [0.3, 0.4) is 0 Å². The van der Waals surface area contributed by atoms with E-state index in [-0.39, 0.29) is 5.75 Å². The maximum Gasteiger partial charge on any atom is 0.216 e. The third-order valence-corrected chi connectivity index (χ3v) is 5.18. The van der Waals surface area contributed by atoms with E-state index in [1.54, 1.807) is 17.0 Å². The lowest BCUT2D eigenvalue weighted by atomic mass is 10.0. The number of aryl methyl sites for hydroxylation is 1. The number of nitrogens with one attached hydrogen (secondary N) is 2. The Hall–Kier alpha value is -3.26. The summed E-state index contributed by atoms with van der Waals surface area (Å²) in [5.41, 5.74) is 3.73. The lowest BCUT2D eigenvalue weighted by Crippen LogP contribution is -1.98. The van der Waals surface area contributed by atoms with Crippen LogP contribution >= 0.6 is 12.2 Å². The molecule has 0 radical (unpaired) electrons. The zero-order chi connectivity index (χ0) is 18.4. The van der Waals surface area contributed by atoms with Gasteiger partial charge in [0.2, 0.25) is 10.6 Å². The summed E-state index contributed by atoms with van der Waals surface area (Å²) in [7, 11) is 0. The molecule has 0 aliphatic heterocycles. The maximum absolute atomic E-state index is 10.3. The van der Waals surface area contributed by atoms with Crippen LogP contribution in [-0.4, -0.2) is 36.4 Å². The Morgan fingerprint density at radius 3 is 2.93 bits per heavy atom. The molecule has 0 saturated heterocycles. The van der Waals surface area contributed by atoms with Crippen LogP contribution in [0.2, 0.25) is 0 Å². The molecule has 8 heteroatoms. The summed E-state index contributed by atoms with van der Waals surface area (Å²) in [6.45, 7) is 0. The van der Waals surface area contributed by atoms with Crippen LogP contribution in [0, 0.1) is 4.77 Å². The van der Waals surface area contributed by atoms with E-state index >= 15 is 0 Å². The van der Waals surface area contributed by atoms with Crippen LogP contribution in [-0.2, 0) is 12.8 Å². The fourth-order valence-electron chi connectivity index (χ4n) is 3.59. The normalized spacial score (nSPS) is 13.6. The van der Waals surface area contributed by atoms with E-state index in [1.165, 1.54) is 5.56 Å². The Morgan fingerprint density at radius 2 is 2.00 bits per heavy atom. The van der Waals surface area contributed by atoms with Gasteiger partial charge in [-0.3, -0.25) is 5.10 Å². The number of H-pyrrole nitrogens is 2. The van der Waals surface area contributed by atoms with Crippen molar-refractivity contribution >= 4 is 29.2 Å². The molecule has 0 fully saturated rings. The first kappa shape index (κ1) is 16.0. The van der Waals surface area contributed by atoms with E-state index in [9.17, 15) is 5.11 Å². The first-order valence-electron chi connectivity index (χ1n) is 8.71. The average Bonchev–Trinajstić information content (AvgIpc) is 3.37. The van der Waals surface area contributed by atoms with Gasteiger partial charge >= 0.3 is 0 Å². The number of nitrogens with zero attached hydrogens (tertiary/aromatic N) is 4. The van der Waals surface area contributed by atoms with Gasteiger partial charge < -0.3 is 5.11 Å². The van der Waals surface area contributed by atoms with Gasteiger partial charge in [0.1, 0.15) is 11.4 Å². The summed E-state index contributed by atoms with van der Waals surface area (Å²) >= 11 is 5.35. The summed E-state index contributed by atoms with van der Waals surface area (Å²) in [6.07, 6.45) is 4.68. The van der Waals surface area contributed by atoms with Crippen molar-refractivity contribution in [1.29, 1.82) is 0 Å². The molecule has 1 aliphatic carbocycles. The highest BCUT2D eigenvalue weighted by Crippen LogP contribution is 2.29. The third-order valence-electron chi connectivity index (χ3n) is 4.92. The van der Waals surface area contributed by atoms with Crippen LogP contribution in [0.4, 0.5) is 0 Å². The molecule has 134 valence electrons.